The lowest BCUT2D eigenvalue weighted by Gasteiger charge is -2.20. The molecule has 0 aromatic rings. The molecule has 0 aromatic heterocycles. The minimum Gasteiger partial charge on any atom is -0.479 e. The van der Waals surface area contributed by atoms with Crippen LogP contribution < -0.4 is 5.48 Å². The van der Waals surface area contributed by atoms with Crippen LogP contribution in [0.25, 0.3) is 0 Å². The predicted molar refractivity (Wildman–Crippen MR) is 54.5 cm³/mol. The number of hydrogen-bond acceptors (Lipinski definition) is 4. The zero-order valence-corrected chi connectivity index (χ0v) is 9.65. The van der Waals surface area contributed by atoms with Crippen LogP contribution >= 0.6 is 0 Å². The van der Waals surface area contributed by atoms with Crippen molar-refractivity contribution in [3.05, 3.63) is 0 Å². The monoisotopic (exact) mass is 231 g/mol. The first-order valence-electron chi connectivity index (χ1n) is 5.16. The van der Waals surface area contributed by atoms with E-state index in [1.54, 1.807) is 20.8 Å². The van der Waals surface area contributed by atoms with Crippen molar-refractivity contribution in [1.29, 1.82) is 0 Å². The summed E-state index contributed by atoms with van der Waals surface area (Å²) in [6, 6.07) is 0. The first kappa shape index (κ1) is 12.9. The van der Waals surface area contributed by atoms with E-state index in [2.05, 4.69) is 5.48 Å². The van der Waals surface area contributed by atoms with Gasteiger partial charge in [-0.25, -0.2) is 10.3 Å². The molecule has 1 rings (SSSR count). The molecule has 1 aliphatic rings. The molecule has 92 valence electrons. The van der Waals surface area contributed by atoms with Crippen molar-refractivity contribution < 1.29 is 24.3 Å². The van der Waals surface area contributed by atoms with Crippen LogP contribution in [0.2, 0.25) is 0 Å². The summed E-state index contributed by atoms with van der Waals surface area (Å²) in [5.41, 5.74) is 1.78. The van der Waals surface area contributed by atoms with Gasteiger partial charge in [0.15, 0.2) is 6.10 Å². The molecule has 2 unspecified atom stereocenters. The quantitative estimate of drug-likeness (QED) is 0.689. The molecular formula is C10H17NO5. The van der Waals surface area contributed by atoms with Crippen LogP contribution in [0.3, 0.4) is 0 Å². The van der Waals surface area contributed by atoms with Gasteiger partial charge in [-0.1, -0.05) is 0 Å². The van der Waals surface area contributed by atoms with E-state index in [0.29, 0.717) is 12.8 Å². The number of carbonyl (C=O) groups is 2. The Hall–Kier alpha value is -1.14. The highest BCUT2D eigenvalue weighted by molar-refractivity contribution is 5.81. The van der Waals surface area contributed by atoms with Crippen molar-refractivity contribution in [2.24, 2.45) is 0 Å². The molecule has 1 aliphatic heterocycles. The van der Waals surface area contributed by atoms with E-state index in [1.807, 2.05) is 0 Å². The van der Waals surface area contributed by atoms with E-state index in [4.69, 9.17) is 14.7 Å². The Morgan fingerprint density at radius 3 is 2.31 bits per heavy atom. The molecule has 1 saturated heterocycles. The summed E-state index contributed by atoms with van der Waals surface area (Å²) in [4.78, 5) is 27.2. The maximum atomic E-state index is 11.5. The molecule has 0 aromatic carbocycles. The van der Waals surface area contributed by atoms with Gasteiger partial charge in [0.25, 0.3) is 5.91 Å². The van der Waals surface area contributed by atoms with Gasteiger partial charge in [0, 0.05) is 0 Å². The molecule has 0 spiro atoms. The minimum atomic E-state index is -1.04. The Morgan fingerprint density at radius 2 is 1.88 bits per heavy atom. The van der Waals surface area contributed by atoms with Crippen LogP contribution in [0, 0.1) is 0 Å². The van der Waals surface area contributed by atoms with Gasteiger partial charge in [0.1, 0.15) is 6.10 Å². The first-order valence-corrected chi connectivity index (χ1v) is 5.16. The molecule has 0 saturated carbocycles. The number of aliphatic carboxylic acids is 1. The number of rotatable bonds is 3. The standard InChI is InChI=1S/C10H17NO5/c1-10(2,3)16-11-8(12)6-4-5-7(15-6)9(13)14/h6-7H,4-5H2,1-3H3,(H,11,12)(H,13,14). The van der Waals surface area contributed by atoms with Crippen LogP contribution in [-0.4, -0.2) is 34.8 Å². The molecule has 0 radical (unpaired) electrons. The van der Waals surface area contributed by atoms with Gasteiger partial charge >= 0.3 is 5.97 Å². The van der Waals surface area contributed by atoms with Crippen LogP contribution in [0.5, 0.6) is 0 Å². The van der Waals surface area contributed by atoms with Gasteiger partial charge in [-0.2, -0.15) is 0 Å². The third-order valence-corrected chi connectivity index (χ3v) is 2.05. The van der Waals surface area contributed by atoms with Gasteiger partial charge in [-0.3, -0.25) is 9.63 Å². The number of hydrogen-bond donors (Lipinski definition) is 2. The Balaban J connectivity index is 2.37. The summed E-state index contributed by atoms with van der Waals surface area (Å²) in [5.74, 6) is -1.47. The highest BCUT2D eigenvalue weighted by Gasteiger charge is 2.35. The van der Waals surface area contributed by atoms with E-state index in [1.165, 1.54) is 0 Å². The van der Waals surface area contributed by atoms with Gasteiger partial charge in [0.2, 0.25) is 0 Å². The predicted octanol–water partition coefficient (Wildman–Crippen LogP) is 0.465. The normalized spacial score (nSPS) is 25.4. The summed E-state index contributed by atoms with van der Waals surface area (Å²) in [7, 11) is 0. The maximum absolute atomic E-state index is 11.5. The zero-order chi connectivity index (χ0) is 12.3. The zero-order valence-electron chi connectivity index (χ0n) is 9.65. The Labute approximate surface area is 93.9 Å². The molecule has 1 heterocycles. The first-order chi connectivity index (χ1) is 7.29. The SMILES string of the molecule is CC(C)(C)ONC(=O)C1CCC(C(=O)O)O1. The molecule has 2 atom stereocenters. The highest BCUT2D eigenvalue weighted by Crippen LogP contribution is 2.20. The fourth-order valence-electron chi connectivity index (χ4n) is 1.28. The molecule has 0 bridgehead atoms. The number of carbonyl (C=O) groups excluding carboxylic acids is 1. The molecule has 16 heavy (non-hydrogen) atoms. The van der Waals surface area contributed by atoms with Gasteiger partial charge in [-0.15, -0.1) is 0 Å². The van der Waals surface area contributed by atoms with Gasteiger partial charge < -0.3 is 9.84 Å². The number of amides is 1. The van der Waals surface area contributed by atoms with E-state index >= 15 is 0 Å². The van der Waals surface area contributed by atoms with Crippen molar-refractivity contribution in [1.82, 2.24) is 5.48 Å². The van der Waals surface area contributed by atoms with Crippen molar-refractivity contribution in [2.75, 3.05) is 0 Å². The van der Waals surface area contributed by atoms with Crippen LogP contribution in [0.1, 0.15) is 33.6 Å². The van der Waals surface area contributed by atoms with E-state index in [-0.39, 0.29) is 0 Å². The Morgan fingerprint density at radius 1 is 1.31 bits per heavy atom. The maximum Gasteiger partial charge on any atom is 0.332 e. The lowest BCUT2D eigenvalue weighted by molar-refractivity contribution is -0.161. The summed E-state index contributed by atoms with van der Waals surface area (Å²) in [6.45, 7) is 5.38. The molecular weight excluding hydrogens is 214 g/mol. The average Bonchev–Trinajstić information content (AvgIpc) is 2.61. The van der Waals surface area contributed by atoms with Crippen molar-refractivity contribution in [2.45, 2.75) is 51.4 Å². The third kappa shape index (κ3) is 3.79. The lowest BCUT2D eigenvalue weighted by atomic mass is 10.2. The number of ether oxygens (including phenoxy) is 1. The summed E-state index contributed by atoms with van der Waals surface area (Å²) < 4.78 is 5.06. The summed E-state index contributed by atoms with van der Waals surface area (Å²) in [5, 5.41) is 8.68. The average molecular weight is 231 g/mol. The largest absolute Gasteiger partial charge is 0.479 e. The Bertz CT molecular complexity index is 283. The van der Waals surface area contributed by atoms with Crippen molar-refractivity contribution in [3.8, 4) is 0 Å². The second kappa shape index (κ2) is 4.80. The van der Waals surface area contributed by atoms with Crippen LogP contribution in [0.15, 0.2) is 0 Å². The molecule has 2 N–H and O–H groups in total. The number of nitrogens with one attached hydrogen (secondary N) is 1. The lowest BCUT2D eigenvalue weighted by Crippen LogP contribution is -2.40. The van der Waals surface area contributed by atoms with Gasteiger partial charge in [0.05, 0.1) is 5.60 Å². The number of carboxylic acids is 1. The van der Waals surface area contributed by atoms with Crippen molar-refractivity contribution >= 4 is 11.9 Å². The van der Waals surface area contributed by atoms with Crippen LogP contribution in [0.4, 0.5) is 0 Å². The smallest absolute Gasteiger partial charge is 0.332 e. The van der Waals surface area contributed by atoms with Crippen LogP contribution in [-0.2, 0) is 19.2 Å². The third-order valence-electron chi connectivity index (χ3n) is 2.05. The summed E-state index contributed by atoms with van der Waals surface area (Å²) in [6.07, 6.45) is -0.868. The summed E-state index contributed by atoms with van der Waals surface area (Å²) >= 11 is 0. The van der Waals surface area contributed by atoms with E-state index < -0.39 is 29.7 Å². The van der Waals surface area contributed by atoms with E-state index in [0.717, 1.165) is 0 Å². The molecule has 1 amide bonds. The Kier molecular flexibility index (Phi) is 3.88. The van der Waals surface area contributed by atoms with Gasteiger partial charge in [-0.05, 0) is 33.6 Å². The second-order valence-electron chi connectivity index (χ2n) is 4.71. The minimum absolute atomic E-state index is 0.350. The molecule has 6 nitrogen and oxygen atoms in total. The topological polar surface area (TPSA) is 84.9 Å². The fraction of sp³-hybridized carbons (Fsp3) is 0.800. The molecule has 1 fully saturated rings. The highest BCUT2D eigenvalue weighted by atomic mass is 16.7. The molecule has 0 aliphatic carbocycles. The van der Waals surface area contributed by atoms with E-state index in [9.17, 15) is 9.59 Å². The van der Waals surface area contributed by atoms with Crippen molar-refractivity contribution in [3.63, 3.8) is 0 Å². The fourth-order valence-corrected chi connectivity index (χ4v) is 1.28. The second-order valence-corrected chi connectivity index (χ2v) is 4.71. The number of carboxylic acid groups (broad SMARTS) is 1. The molecule has 6 heteroatoms. The number of hydroxylamine groups is 1.